The minimum Gasteiger partial charge on any atom is -0.350 e. The first-order chi connectivity index (χ1) is 14.9. The van der Waals surface area contributed by atoms with Crippen molar-refractivity contribution in [2.75, 3.05) is 0 Å². The molecule has 31 heavy (non-hydrogen) atoms. The average molecular weight is 422 g/mol. The van der Waals surface area contributed by atoms with E-state index in [0.717, 1.165) is 17.0 Å². The van der Waals surface area contributed by atoms with Gasteiger partial charge < -0.3 is 14.4 Å². The number of aromatic nitrogens is 3. The number of hydrogen-bond acceptors (Lipinski definition) is 4. The quantitative estimate of drug-likeness (QED) is 0.499. The molecule has 2 aromatic heterocycles. The Morgan fingerprint density at radius 2 is 1.84 bits per heavy atom. The van der Waals surface area contributed by atoms with Crippen LogP contribution in [0.1, 0.15) is 17.0 Å². The number of nitrogens with one attached hydrogen (secondary N) is 1. The number of nitrogens with zero attached hydrogens (tertiary/aromatic N) is 3. The van der Waals surface area contributed by atoms with Gasteiger partial charge in [0, 0.05) is 23.5 Å². The van der Waals surface area contributed by atoms with Crippen LogP contribution in [0.2, 0.25) is 0 Å². The Morgan fingerprint density at radius 3 is 2.58 bits per heavy atom. The number of amides is 1. The van der Waals surface area contributed by atoms with Gasteiger partial charge in [0.15, 0.2) is 0 Å². The number of carbonyl (C=O) groups is 1. The summed E-state index contributed by atoms with van der Waals surface area (Å²) < 4.78 is 33.7. The van der Waals surface area contributed by atoms with Gasteiger partial charge in [-0.2, -0.15) is 4.98 Å². The number of hydrogen-bond donors (Lipinski definition) is 1. The minimum atomic E-state index is -0.341. The van der Waals surface area contributed by atoms with Crippen molar-refractivity contribution < 1.29 is 18.1 Å². The van der Waals surface area contributed by atoms with Crippen molar-refractivity contribution in [1.29, 1.82) is 0 Å². The van der Waals surface area contributed by atoms with Crippen LogP contribution in [0.3, 0.4) is 0 Å². The van der Waals surface area contributed by atoms with Gasteiger partial charge in [-0.15, -0.1) is 0 Å². The summed E-state index contributed by atoms with van der Waals surface area (Å²) in [7, 11) is 0. The fourth-order valence-corrected chi connectivity index (χ4v) is 3.36. The molecule has 4 aromatic rings. The molecule has 0 bridgehead atoms. The van der Waals surface area contributed by atoms with Crippen LogP contribution in [0.5, 0.6) is 0 Å². The Hall–Kier alpha value is -3.81. The molecule has 8 heteroatoms. The van der Waals surface area contributed by atoms with Gasteiger partial charge in [-0.25, -0.2) is 8.78 Å². The van der Waals surface area contributed by atoms with Gasteiger partial charge in [-0.05, 0) is 61.9 Å². The molecule has 4 rings (SSSR count). The van der Waals surface area contributed by atoms with Gasteiger partial charge in [0.2, 0.25) is 11.7 Å². The maximum atomic E-state index is 13.3. The second-order valence-corrected chi connectivity index (χ2v) is 7.21. The normalized spacial score (nSPS) is 11.0. The Kier molecular flexibility index (Phi) is 5.62. The van der Waals surface area contributed by atoms with Crippen molar-refractivity contribution in [3.05, 3.63) is 83.2 Å². The molecule has 0 radical (unpaired) electrons. The highest BCUT2D eigenvalue weighted by Crippen LogP contribution is 2.27. The zero-order valence-corrected chi connectivity index (χ0v) is 17.0. The Bertz CT molecular complexity index is 1230. The van der Waals surface area contributed by atoms with Crippen molar-refractivity contribution in [3.8, 4) is 22.8 Å². The monoisotopic (exact) mass is 422 g/mol. The van der Waals surface area contributed by atoms with Gasteiger partial charge in [0.25, 0.3) is 5.89 Å². The summed E-state index contributed by atoms with van der Waals surface area (Å²) in [6.45, 7) is 4.09. The predicted octanol–water partition coefficient (Wildman–Crippen LogP) is 4.42. The zero-order chi connectivity index (χ0) is 22.0. The third kappa shape index (κ3) is 4.53. The molecule has 0 aliphatic heterocycles. The van der Waals surface area contributed by atoms with Crippen molar-refractivity contribution in [2.24, 2.45) is 0 Å². The van der Waals surface area contributed by atoms with E-state index in [4.69, 9.17) is 4.52 Å². The lowest BCUT2D eigenvalue weighted by molar-refractivity contribution is -0.121. The molecule has 0 atom stereocenters. The summed E-state index contributed by atoms with van der Waals surface area (Å²) in [6.07, 6.45) is 0. The zero-order valence-electron chi connectivity index (χ0n) is 17.0. The van der Waals surface area contributed by atoms with E-state index in [9.17, 15) is 13.6 Å². The number of rotatable bonds is 6. The Labute approximate surface area is 177 Å². The van der Waals surface area contributed by atoms with Crippen LogP contribution in [0.15, 0.2) is 59.1 Å². The molecule has 0 fully saturated rings. The number of benzene rings is 2. The summed E-state index contributed by atoms with van der Waals surface area (Å²) in [5, 5.41) is 6.78. The van der Waals surface area contributed by atoms with Crippen LogP contribution < -0.4 is 5.32 Å². The Balaban J connectivity index is 1.48. The second kappa shape index (κ2) is 8.51. The summed E-state index contributed by atoms with van der Waals surface area (Å²) in [5.41, 5.74) is 3.70. The third-order valence-electron chi connectivity index (χ3n) is 5.01. The molecular formula is C23H20F2N4O2. The van der Waals surface area contributed by atoms with Gasteiger partial charge in [0.05, 0.1) is 5.56 Å². The molecule has 158 valence electrons. The van der Waals surface area contributed by atoms with Crippen molar-refractivity contribution in [2.45, 2.75) is 26.9 Å². The maximum Gasteiger partial charge on any atom is 0.260 e. The molecule has 2 heterocycles. The van der Waals surface area contributed by atoms with Crippen molar-refractivity contribution in [1.82, 2.24) is 20.0 Å². The predicted molar refractivity (Wildman–Crippen MR) is 111 cm³/mol. The molecule has 2 aromatic carbocycles. The first-order valence-corrected chi connectivity index (χ1v) is 9.68. The average Bonchev–Trinajstić information content (AvgIpc) is 3.33. The lowest BCUT2D eigenvalue weighted by Gasteiger charge is -2.10. The Morgan fingerprint density at radius 1 is 1.06 bits per heavy atom. The molecule has 1 N–H and O–H groups in total. The summed E-state index contributed by atoms with van der Waals surface area (Å²) in [5.74, 6) is -0.207. The largest absolute Gasteiger partial charge is 0.350 e. The fraction of sp³-hybridized carbons (Fsp3) is 0.174. The number of carbonyl (C=O) groups excluding carboxylic acids is 1. The summed E-state index contributed by atoms with van der Waals surface area (Å²) >= 11 is 0. The molecule has 0 spiro atoms. The van der Waals surface area contributed by atoms with E-state index in [1.165, 1.54) is 24.3 Å². The van der Waals surface area contributed by atoms with E-state index in [1.54, 1.807) is 24.3 Å². The SMILES string of the molecule is Cc1cc(-c2nc(-c3ccc(F)cc3)no2)c(C)n1CC(=O)NCc1cccc(F)c1. The van der Waals surface area contributed by atoms with E-state index in [0.29, 0.717) is 22.8 Å². The van der Waals surface area contributed by atoms with Crippen LogP contribution in [-0.4, -0.2) is 20.6 Å². The van der Waals surface area contributed by atoms with Crippen molar-refractivity contribution in [3.63, 3.8) is 0 Å². The van der Waals surface area contributed by atoms with Crippen LogP contribution in [0.25, 0.3) is 22.8 Å². The molecule has 0 unspecified atom stereocenters. The van der Waals surface area contributed by atoms with E-state index in [-0.39, 0.29) is 30.6 Å². The highest BCUT2D eigenvalue weighted by molar-refractivity contribution is 5.76. The molecule has 1 amide bonds. The van der Waals surface area contributed by atoms with Gasteiger partial charge in [-0.3, -0.25) is 4.79 Å². The first-order valence-electron chi connectivity index (χ1n) is 9.68. The number of aryl methyl sites for hydroxylation is 1. The second-order valence-electron chi connectivity index (χ2n) is 7.21. The third-order valence-corrected chi connectivity index (χ3v) is 5.01. The van der Waals surface area contributed by atoms with Crippen molar-refractivity contribution >= 4 is 5.91 Å². The van der Waals surface area contributed by atoms with Crippen LogP contribution >= 0.6 is 0 Å². The molecular weight excluding hydrogens is 402 g/mol. The molecule has 6 nitrogen and oxygen atoms in total. The van der Waals surface area contributed by atoms with Gasteiger partial charge in [-0.1, -0.05) is 17.3 Å². The smallest absolute Gasteiger partial charge is 0.260 e. The summed E-state index contributed by atoms with van der Waals surface area (Å²) in [6, 6.07) is 13.8. The van der Waals surface area contributed by atoms with E-state index >= 15 is 0 Å². The maximum absolute atomic E-state index is 13.3. The molecule has 0 aliphatic rings. The lowest BCUT2D eigenvalue weighted by Crippen LogP contribution is -2.27. The minimum absolute atomic E-state index is 0.103. The van der Waals surface area contributed by atoms with Gasteiger partial charge >= 0.3 is 0 Å². The van der Waals surface area contributed by atoms with E-state index in [2.05, 4.69) is 15.5 Å². The standard InChI is InChI=1S/C23H20F2N4O2/c1-14-10-20(23-27-22(28-31-23)17-6-8-18(24)9-7-17)15(2)29(14)13-21(30)26-12-16-4-3-5-19(25)11-16/h3-11H,12-13H2,1-2H3,(H,26,30). The van der Waals surface area contributed by atoms with E-state index in [1.807, 2.05) is 24.5 Å². The van der Waals surface area contributed by atoms with Gasteiger partial charge in [0.1, 0.15) is 18.2 Å². The lowest BCUT2D eigenvalue weighted by atomic mass is 10.2. The highest BCUT2D eigenvalue weighted by atomic mass is 19.1. The van der Waals surface area contributed by atoms with E-state index < -0.39 is 0 Å². The van der Waals surface area contributed by atoms with Crippen LogP contribution in [-0.2, 0) is 17.9 Å². The summed E-state index contributed by atoms with van der Waals surface area (Å²) in [4.78, 5) is 16.8. The topological polar surface area (TPSA) is 73.0 Å². The highest BCUT2D eigenvalue weighted by Gasteiger charge is 2.18. The molecule has 0 saturated heterocycles. The van der Waals surface area contributed by atoms with Crippen LogP contribution in [0, 0.1) is 25.5 Å². The molecule has 0 saturated carbocycles. The fourth-order valence-electron chi connectivity index (χ4n) is 3.36. The number of halogens is 2. The molecule has 0 aliphatic carbocycles. The first kappa shape index (κ1) is 20.5. The van der Waals surface area contributed by atoms with Crippen LogP contribution in [0.4, 0.5) is 8.78 Å².